The number of para-hydroxylation sites is 1. The van der Waals surface area contributed by atoms with Crippen molar-refractivity contribution in [1.82, 2.24) is 4.98 Å². The predicted octanol–water partition coefficient (Wildman–Crippen LogP) is 4.85. The quantitative estimate of drug-likeness (QED) is 0.741. The van der Waals surface area contributed by atoms with E-state index in [0.29, 0.717) is 16.4 Å². The van der Waals surface area contributed by atoms with Gasteiger partial charge in [0.1, 0.15) is 11.3 Å². The summed E-state index contributed by atoms with van der Waals surface area (Å²) in [5.41, 5.74) is 2.65. The minimum atomic E-state index is -0.159. The molecule has 124 valence electrons. The van der Waals surface area contributed by atoms with Crippen LogP contribution in [0.1, 0.15) is 36.7 Å². The molecule has 0 unspecified atom stereocenters. The first-order chi connectivity index (χ1) is 11.4. The average Bonchev–Trinajstić information content (AvgIpc) is 2.96. The van der Waals surface area contributed by atoms with Crippen LogP contribution in [0.5, 0.6) is 5.75 Å². The van der Waals surface area contributed by atoms with Crippen LogP contribution in [0, 0.1) is 0 Å². The second-order valence-corrected chi connectivity index (χ2v) is 7.64. The Bertz CT molecular complexity index is 877. The average molecular weight is 340 g/mol. The Labute approximate surface area is 145 Å². The zero-order chi connectivity index (χ0) is 17.3. The van der Waals surface area contributed by atoms with Gasteiger partial charge in [-0.2, -0.15) is 0 Å². The predicted molar refractivity (Wildman–Crippen MR) is 99.3 cm³/mol. The molecule has 1 heterocycles. The molecule has 0 saturated heterocycles. The maximum Gasteiger partial charge on any atom is 0.257 e. The summed E-state index contributed by atoms with van der Waals surface area (Å²) in [4.78, 5) is 16.9. The lowest BCUT2D eigenvalue weighted by Gasteiger charge is -2.18. The molecule has 0 saturated carbocycles. The van der Waals surface area contributed by atoms with Crippen LogP contribution in [0.15, 0.2) is 42.5 Å². The van der Waals surface area contributed by atoms with Crippen LogP contribution in [0.25, 0.3) is 10.2 Å². The van der Waals surface area contributed by atoms with E-state index in [1.807, 2.05) is 42.5 Å². The van der Waals surface area contributed by atoms with E-state index in [1.165, 1.54) is 16.9 Å². The number of hydrogen-bond acceptors (Lipinski definition) is 4. The molecule has 1 N–H and O–H groups in total. The van der Waals surface area contributed by atoms with Crippen molar-refractivity contribution in [3.8, 4) is 5.75 Å². The highest BCUT2D eigenvalue weighted by Gasteiger charge is 2.15. The Morgan fingerprint density at radius 3 is 2.46 bits per heavy atom. The lowest BCUT2D eigenvalue weighted by molar-refractivity contribution is 0.102. The van der Waals surface area contributed by atoms with Gasteiger partial charge in [-0.15, -0.1) is 0 Å². The van der Waals surface area contributed by atoms with Gasteiger partial charge in [0.25, 0.3) is 5.91 Å². The van der Waals surface area contributed by atoms with E-state index < -0.39 is 0 Å². The molecule has 3 aromatic rings. The fraction of sp³-hybridized carbons (Fsp3) is 0.263. The molecule has 3 rings (SSSR count). The van der Waals surface area contributed by atoms with Crippen LogP contribution in [0.4, 0.5) is 5.13 Å². The normalized spacial score (nSPS) is 11.5. The number of methoxy groups -OCH3 is 1. The summed E-state index contributed by atoms with van der Waals surface area (Å²) in [6.07, 6.45) is 0. The van der Waals surface area contributed by atoms with E-state index in [9.17, 15) is 4.79 Å². The van der Waals surface area contributed by atoms with E-state index in [0.717, 1.165) is 10.2 Å². The molecule has 0 radical (unpaired) electrons. The number of anilines is 1. The molecule has 0 fully saturated rings. The van der Waals surface area contributed by atoms with Gasteiger partial charge in [0, 0.05) is 5.56 Å². The van der Waals surface area contributed by atoms with Crippen molar-refractivity contribution in [2.45, 2.75) is 26.2 Å². The summed E-state index contributed by atoms with van der Waals surface area (Å²) >= 11 is 1.43. The number of thiazole rings is 1. The van der Waals surface area contributed by atoms with Crippen LogP contribution >= 0.6 is 11.3 Å². The van der Waals surface area contributed by atoms with E-state index in [2.05, 4.69) is 31.1 Å². The molecule has 0 aliphatic carbocycles. The Morgan fingerprint density at radius 2 is 1.83 bits per heavy atom. The van der Waals surface area contributed by atoms with E-state index in [1.54, 1.807) is 7.11 Å². The second-order valence-electron chi connectivity index (χ2n) is 6.61. The number of hydrogen-bond donors (Lipinski definition) is 1. The van der Waals surface area contributed by atoms with Crippen LogP contribution in [-0.4, -0.2) is 18.0 Å². The van der Waals surface area contributed by atoms with Crippen molar-refractivity contribution in [3.05, 3.63) is 53.6 Å². The summed E-state index contributed by atoms with van der Waals surface area (Å²) in [5, 5.41) is 3.44. The number of nitrogens with zero attached hydrogens (tertiary/aromatic N) is 1. The number of aromatic nitrogens is 1. The van der Waals surface area contributed by atoms with Gasteiger partial charge in [-0.05, 0) is 35.2 Å². The molecule has 4 nitrogen and oxygen atoms in total. The third-order valence-electron chi connectivity index (χ3n) is 3.84. The highest BCUT2D eigenvalue weighted by molar-refractivity contribution is 7.22. The number of ether oxygens (including phenoxy) is 1. The first-order valence-corrected chi connectivity index (χ1v) is 8.55. The van der Waals surface area contributed by atoms with Gasteiger partial charge in [0.15, 0.2) is 5.13 Å². The van der Waals surface area contributed by atoms with Gasteiger partial charge in [-0.1, -0.05) is 50.3 Å². The number of nitrogens with one attached hydrogen (secondary N) is 1. The first-order valence-electron chi connectivity index (χ1n) is 7.74. The molecule has 0 bridgehead atoms. The third kappa shape index (κ3) is 3.26. The summed E-state index contributed by atoms with van der Waals surface area (Å²) in [6.45, 7) is 6.45. The Morgan fingerprint density at radius 1 is 1.12 bits per heavy atom. The summed E-state index contributed by atoms with van der Waals surface area (Å²) in [7, 11) is 1.61. The Hall–Kier alpha value is -2.40. The molecule has 0 aliphatic heterocycles. The standard InChI is InChI=1S/C19H20N2O2S/c1-19(2,3)13-10-8-12(9-11-13)17(22)21-18-20-16-14(23-4)6-5-7-15(16)24-18/h5-11H,1-4H3,(H,20,21,22). The molecule has 1 aromatic heterocycles. The highest BCUT2D eigenvalue weighted by Crippen LogP contribution is 2.32. The van der Waals surface area contributed by atoms with Crippen LogP contribution < -0.4 is 10.1 Å². The summed E-state index contributed by atoms with van der Waals surface area (Å²) in [5.74, 6) is 0.548. The van der Waals surface area contributed by atoms with E-state index in [-0.39, 0.29) is 11.3 Å². The number of carbonyl (C=O) groups excluding carboxylic acids is 1. The second kappa shape index (κ2) is 6.24. The highest BCUT2D eigenvalue weighted by atomic mass is 32.1. The first kappa shape index (κ1) is 16.5. The lowest BCUT2D eigenvalue weighted by Crippen LogP contribution is -2.14. The van der Waals surface area contributed by atoms with Gasteiger partial charge in [0.2, 0.25) is 0 Å². The topological polar surface area (TPSA) is 51.2 Å². The maximum atomic E-state index is 12.4. The molecule has 0 spiro atoms. The van der Waals surface area contributed by atoms with Gasteiger partial charge in [-0.3, -0.25) is 10.1 Å². The van der Waals surface area contributed by atoms with Crippen molar-refractivity contribution >= 4 is 32.6 Å². The van der Waals surface area contributed by atoms with Crippen molar-refractivity contribution in [2.75, 3.05) is 12.4 Å². The van der Waals surface area contributed by atoms with Crippen molar-refractivity contribution in [3.63, 3.8) is 0 Å². The third-order valence-corrected chi connectivity index (χ3v) is 4.77. The van der Waals surface area contributed by atoms with Crippen molar-refractivity contribution in [2.24, 2.45) is 0 Å². The summed E-state index contributed by atoms with van der Waals surface area (Å²) in [6, 6.07) is 13.4. The number of fused-ring (bicyclic) bond motifs is 1. The molecule has 2 aromatic carbocycles. The van der Waals surface area contributed by atoms with E-state index in [4.69, 9.17) is 4.74 Å². The van der Waals surface area contributed by atoms with Gasteiger partial charge >= 0.3 is 0 Å². The van der Waals surface area contributed by atoms with E-state index >= 15 is 0 Å². The largest absolute Gasteiger partial charge is 0.494 e. The smallest absolute Gasteiger partial charge is 0.257 e. The van der Waals surface area contributed by atoms with Crippen molar-refractivity contribution < 1.29 is 9.53 Å². The molecule has 24 heavy (non-hydrogen) atoms. The zero-order valence-electron chi connectivity index (χ0n) is 14.2. The number of rotatable bonds is 3. The Kier molecular flexibility index (Phi) is 4.28. The monoisotopic (exact) mass is 340 g/mol. The Balaban J connectivity index is 1.82. The number of benzene rings is 2. The SMILES string of the molecule is COc1cccc2sc(NC(=O)c3ccc(C(C)(C)C)cc3)nc12. The number of amides is 1. The molecule has 5 heteroatoms. The van der Waals surface area contributed by atoms with Crippen molar-refractivity contribution in [1.29, 1.82) is 0 Å². The van der Waals surface area contributed by atoms with Gasteiger partial charge < -0.3 is 4.74 Å². The maximum absolute atomic E-state index is 12.4. The van der Waals surface area contributed by atoms with Gasteiger partial charge in [0.05, 0.1) is 11.8 Å². The fourth-order valence-corrected chi connectivity index (χ4v) is 3.31. The van der Waals surface area contributed by atoms with Crippen LogP contribution in [0.2, 0.25) is 0 Å². The molecule has 1 amide bonds. The summed E-state index contributed by atoms with van der Waals surface area (Å²) < 4.78 is 6.29. The lowest BCUT2D eigenvalue weighted by atomic mass is 9.87. The minimum absolute atomic E-state index is 0.0680. The van der Waals surface area contributed by atoms with Crippen LogP contribution in [0.3, 0.4) is 0 Å². The number of carbonyl (C=O) groups is 1. The molecular formula is C19H20N2O2S. The van der Waals surface area contributed by atoms with Gasteiger partial charge in [-0.25, -0.2) is 4.98 Å². The zero-order valence-corrected chi connectivity index (χ0v) is 15.0. The molecule has 0 atom stereocenters. The van der Waals surface area contributed by atoms with Crippen LogP contribution in [-0.2, 0) is 5.41 Å². The fourth-order valence-electron chi connectivity index (χ4n) is 2.43. The molecule has 0 aliphatic rings. The minimum Gasteiger partial charge on any atom is -0.494 e. The molecular weight excluding hydrogens is 320 g/mol.